The summed E-state index contributed by atoms with van der Waals surface area (Å²) in [7, 11) is 0. The molecule has 1 aliphatic carbocycles. The van der Waals surface area contributed by atoms with Crippen LogP contribution in [0.25, 0.3) is 98.8 Å². The largest absolute Gasteiger partial charge is 0.345 e. The second kappa shape index (κ2) is 13.7. The standard InChI is InChI=1S/C58H38N4/c1-3-15-37(16-4-1)42-30-31-47(45-22-10-9-21-44(42)45)57-48-24-11-13-25-51(48)59-58(60-57)62-54-33-29-40(36-50(54)56-43-20-8-7-17-38(43)27-34-55(56)62)39-28-32-53-49(35-39)46-23-12-14-26-52(46)61(53)41-18-5-2-6-19-41/h1-36,51H,(H,59,60). The first kappa shape index (κ1) is 34.6. The monoisotopic (exact) mass is 790 g/mol. The molecule has 9 aromatic carbocycles. The molecule has 0 fully saturated rings. The van der Waals surface area contributed by atoms with Crippen LogP contribution >= 0.6 is 0 Å². The van der Waals surface area contributed by atoms with E-state index in [0.717, 1.165) is 39.5 Å². The number of para-hydroxylation sites is 2. The molecule has 11 aromatic rings. The lowest BCUT2D eigenvalue weighted by atomic mass is 9.90. The van der Waals surface area contributed by atoms with Gasteiger partial charge in [0.25, 0.3) is 0 Å². The molecule has 4 nitrogen and oxygen atoms in total. The van der Waals surface area contributed by atoms with Crippen LogP contribution in [0.5, 0.6) is 0 Å². The number of nitrogens with one attached hydrogen (secondary N) is 1. The van der Waals surface area contributed by atoms with Crippen LogP contribution in [0.1, 0.15) is 5.56 Å². The molecule has 1 aliphatic heterocycles. The van der Waals surface area contributed by atoms with Gasteiger partial charge in [0.05, 0.1) is 33.8 Å². The SMILES string of the molecule is C1=CC2=C(c3ccc(-c4ccccc4)c4ccccc34)N=C(n3c4ccc(-c5ccc6c(c5)c5ccccc5n6-c5ccccc5)cc4c4c5ccccc5ccc43)NC2C=C1. The van der Waals surface area contributed by atoms with Crippen LogP contribution < -0.4 is 5.32 Å². The van der Waals surface area contributed by atoms with Crippen molar-refractivity contribution in [2.75, 3.05) is 0 Å². The van der Waals surface area contributed by atoms with Gasteiger partial charge in [-0.05, 0) is 92.3 Å². The van der Waals surface area contributed by atoms with E-state index in [0.29, 0.717) is 0 Å². The summed E-state index contributed by atoms with van der Waals surface area (Å²) in [5, 5.41) is 13.6. The average molecular weight is 791 g/mol. The Balaban J connectivity index is 1.02. The van der Waals surface area contributed by atoms with Crippen molar-refractivity contribution in [3.05, 3.63) is 230 Å². The van der Waals surface area contributed by atoms with Gasteiger partial charge in [0.2, 0.25) is 5.96 Å². The predicted molar refractivity (Wildman–Crippen MR) is 261 cm³/mol. The third kappa shape index (κ3) is 5.23. The molecule has 290 valence electrons. The lowest BCUT2D eigenvalue weighted by molar-refractivity contribution is 0.805. The topological polar surface area (TPSA) is 34.2 Å². The van der Waals surface area contributed by atoms with Gasteiger partial charge >= 0.3 is 0 Å². The summed E-state index contributed by atoms with van der Waals surface area (Å²) < 4.78 is 4.72. The second-order valence-electron chi connectivity index (χ2n) is 16.3. The van der Waals surface area contributed by atoms with Crippen LogP contribution in [0, 0.1) is 0 Å². The molecule has 4 heteroatoms. The van der Waals surface area contributed by atoms with Crippen molar-refractivity contribution < 1.29 is 0 Å². The van der Waals surface area contributed by atoms with E-state index in [1.807, 2.05) is 0 Å². The first-order valence-electron chi connectivity index (χ1n) is 21.3. The maximum absolute atomic E-state index is 5.64. The van der Waals surface area contributed by atoms with E-state index in [-0.39, 0.29) is 6.04 Å². The molecule has 2 aliphatic rings. The third-order valence-electron chi connectivity index (χ3n) is 13.0. The number of hydrogen-bond donors (Lipinski definition) is 1. The quantitative estimate of drug-likeness (QED) is 0.189. The number of aromatic nitrogens is 2. The molecule has 3 heterocycles. The van der Waals surface area contributed by atoms with Crippen LogP contribution in [0.15, 0.2) is 229 Å². The van der Waals surface area contributed by atoms with Crippen LogP contribution in [0.3, 0.4) is 0 Å². The Bertz CT molecular complexity index is 3770. The van der Waals surface area contributed by atoms with Gasteiger partial charge in [-0.1, -0.05) is 170 Å². The molecule has 1 N–H and O–H groups in total. The van der Waals surface area contributed by atoms with E-state index in [1.54, 1.807) is 0 Å². The fourth-order valence-corrected chi connectivity index (χ4v) is 10.1. The highest BCUT2D eigenvalue weighted by Crippen LogP contribution is 2.42. The van der Waals surface area contributed by atoms with Gasteiger partial charge in [0.1, 0.15) is 0 Å². The minimum atomic E-state index is -0.0490. The zero-order valence-corrected chi connectivity index (χ0v) is 33.7. The molecule has 1 unspecified atom stereocenters. The molecule has 13 rings (SSSR count). The molecular formula is C58H38N4. The van der Waals surface area contributed by atoms with E-state index in [2.05, 4.69) is 233 Å². The highest BCUT2D eigenvalue weighted by molar-refractivity contribution is 6.24. The van der Waals surface area contributed by atoms with Gasteiger partial charge in [0, 0.05) is 38.4 Å². The summed E-state index contributed by atoms with van der Waals surface area (Å²) in [5.41, 5.74) is 13.8. The third-order valence-corrected chi connectivity index (χ3v) is 13.0. The molecular weight excluding hydrogens is 753 g/mol. The number of fused-ring (bicyclic) bond motifs is 10. The zero-order valence-electron chi connectivity index (χ0n) is 33.7. The van der Waals surface area contributed by atoms with Gasteiger partial charge in [-0.2, -0.15) is 0 Å². The summed E-state index contributed by atoms with van der Waals surface area (Å²) in [6, 6.07) is 70.5. The van der Waals surface area contributed by atoms with Crippen LogP contribution in [-0.2, 0) is 0 Å². The van der Waals surface area contributed by atoms with Gasteiger partial charge in [-0.15, -0.1) is 0 Å². The maximum atomic E-state index is 5.64. The molecule has 0 saturated heterocycles. The molecule has 0 spiro atoms. The Morgan fingerprint density at radius 1 is 0.419 bits per heavy atom. The van der Waals surface area contributed by atoms with Crippen molar-refractivity contribution in [3.63, 3.8) is 0 Å². The molecule has 0 saturated carbocycles. The minimum Gasteiger partial charge on any atom is -0.345 e. The molecule has 62 heavy (non-hydrogen) atoms. The summed E-state index contributed by atoms with van der Waals surface area (Å²) in [6.45, 7) is 0. The summed E-state index contributed by atoms with van der Waals surface area (Å²) in [4.78, 5) is 5.64. The maximum Gasteiger partial charge on any atom is 0.209 e. The Kier molecular flexibility index (Phi) is 7.63. The van der Waals surface area contributed by atoms with E-state index in [4.69, 9.17) is 4.99 Å². The second-order valence-corrected chi connectivity index (χ2v) is 16.3. The van der Waals surface area contributed by atoms with Gasteiger partial charge in [0.15, 0.2) is 0 Å². The van der Waals surface area contributed by atoms with Gasteiger partial charge in [-0.3, -0.25) is 4.57 Å². The Hall–Kier alpha value is -8.21. The lowest BCUT2D eigenvalue weighted by Gasteiger charge is -2.29. The number of hydrogen-bond acceptors (Lipinski definition) is 2. The first-order chi connectivity index (χ1) is 30.8. The average Bonchev–Trinajstić information content (AvgIpc) is 3.86. The van der Waals surface area contributed by atoms with Crippen molar-refractivity contribution >= 4 is 76.8 Å². The zero-order chi connectivity index (χ0) is 40.7. The fraction of sp³-hybridized carbons (Fsp3) is 0.0172. The van der Waals surface area contributed by atoms with Crippen molar-refractivity contribution in [1.29, 1.82) is 0 Å². The Morgan fingerprint density at radius 2 is 1.03 bits per heavy atom. The van der Waals surface area contributed by atoms with E-state index in [9.17, 15) is 0 Å². The highest BCUT2D eigenvalue weighted by Gasteiger charge is 2.28. The van der Waals surface area contributed by atoms with Crippen molar-refractivity contribution in [2.24, 2.45) is 4.99 Å². The Labute approximate surface area is 358 Å². The fourth-order valence-electron chi connectivity index (χ4n) is 10.1. The molecule has 0 bridgehead atoms. The van der Waals surface area contributed by atoms with Crippen LogP contribution in [0.4, 0.5) is 0 Å². The predicted octanol–water partition coefficient (Wildman–Crippen LogP) is 14.2. The summed E-state index contributed by atoms with van der Waals surface area (Å²) in [6.07, 6.45) is 8.72. The van der Waals surface area contributed by atoms with Gasteiger partial charge in [-0.25, -0.2) is 4.99 Å². The molecule has 1 atom stereocenters. The van der Waals surface area contributed by atoms with Crippen molar-refractivity contribution in [3.8, 4) is 27.9 Å². The minimum absolute atomic E-state index is 0.0490. The van der Waals surface area contributed by atoms with Crippen molar-refractivity contribution in [2.45, 2.75) is 6.04 Å². The van der Waals surface area contributed by atoms with E-state index in [1.165, 1.54) is 76.4 Å². The number of benzene rings is 9. The smallest absolute Gasteiger partial charge is 0.209 e. The van der Waals surface area contributed by atoms with Crippen LogP contribution in [0.2, 0.25) is 0 Å². The normalized spacial score (nSPS) is 15.0. The van der Waals surface area contributed by atoms with Crippen LogP contribution in [-0.4, -0.2) is 21.1 Å². The number of rotatable bonds is 4. The van der Waals surface area contributed by atoms with E-state index >= 15 is 0 Å². The first-order valence-corrected chi connectivity index (χ1v) is 21.3. The number of nitrogens with zero attached hydrogens (tertiary/aromatic N) is 3. The highest BCUT2D eigenvalue weighted by atomic mass is 15.2. The lowest BCUT2D eigenvalue weighted by Crippen LogP contribution is -2.42. The summed E-state index contributed by atoms with van der Waals surface area (Å²) >= 11 is 0. The van der Waals surface area contributed by atoms with E-state index < -0.39 is 0 Å². The molecule has 2 aromatic heterocycles. The molecule has 0 radical (unpaired) electrons. The van der Waals surface area contributed by atoms with Gasteiger partial charge < -0.3 is 9.88 Å². The Morgan fingerprint density at radius 3 is 1.84 bits per heavy atom. The summed E-state index contributed by atoms with van der Waals surface area (Å²) in [5.74, 6) is 0.808. The number of allylic oxidation sites excluding steroid dienone is 2. The molecule has 0 amide bonds. The number of aliphatic imine (C=N–C) groups is 1. The van der Waals surface area contributed by atoms with Crippen molar-refractivity contribution in [1.82, 2.24) is 14.5 Å².